The van der Waals surface area contributed by atoms with E-state index >= 15 is 0 Å². The molecular formula is C23H16ClN3O. The van der Waals surface area contributed by atoms with Crippen LogP contribution in [-0.2, 0) is 0 Å². The van der Waals surface area contributed by atoms with Gasteiger partial charge in [-0.05, 0) is 60.7 Å². The molecule has 0 atom stereocenters. The summed E-state index contributed by atoms with van der Waals surface area (Å²) in [5, 5.41) is 5.31. The molecule has 2 aromatic carbocycles. The number of ketones is 1. The molecule has 4 nitrogen and oxygen atoms in total. The van der Waals surface area contributed by atoms with Crippen LogP contribution in [0.1, 0.15) is 15.9 Å². The van der Waals surface area contributed by atoms with Crippen LogP contribution in [-0.4, -0.2) is 20.5 Å². The molecule has 4 aromatic rings. The highest BCUT2D eigenvalue weighted by molar-refractivity contribution is 6.30. The van der Waals surface area contributed by atoms with Gasteiger partial charge in [0, 0.05) is 40.3 Å². The molecular weight excluding hydrogens is 370 g/mol. The van der Waals surface area contributed by atoms with Gasteiger partial charge in [-0.2, -0.15) is 5.10 Å². The van der Waals surface area contributed by atoms with E-state index in [1.165, 1.54) is 0 Å². The quantitative estimate of drug-likeness (QED) is 0.337. The van der Waals surface area contributed by atoms with Crippen molar-refractivity contribution >= 4 is 23.5 Å². The molecule has 0 saturated heterocycles. The van der Waals surface area contributed by atoms with E-state index in [0.717, 1.165) is 22.5 Å². The van der Waals surface area contributed by atoms with Crippen molar-refractivity contribution < 1.29 is 4.79 Å². The normalized spacial score (nSPS) is 11.0. The molecule has 0 N–H and O–H groups in total. The van der Waals surface area contributed by atoms with E-state index in [0.29, 0.717) is 10.6 Å². The van der Waals surface area contributed by atoms with Gasteiger partial charge in [0.1, 0.15) is 5.69 Å². The molecule has 0 amide bonds. The minimum Gasteiger partial charge on any atom is -0.289 e. The monoisotopic (exact) mass is 385 g/mol. The lowest BCUT2D eigenvalue weighted by Crippen LogP contribution is -1.94. The number of nitrogens with zero attached hydrogens (tertiary/aromatic N) is 3. The second-order valence-electron chi connectivity index (χ2n) is 6.16. The van der Waals surface area contributed by atoms with Crippen LogP contribution in [0.3, 0.4) is 0 Å². The minimum absolute atomic E-state index is 0.0961. The van der Waals surface area contributed by atoms with Crippen molar-refractivity contribution in [2.75, 3.05) is 0 Å². The Morgan fingerprint density at radius 2 is 1.75 bits per heavy atom. The second-order valence-corrected chi connectivity index (χ2v) is 6.60. The van der Waals surface area contributed by atoms with Crippen LogP contribution in [0, 0.1) is 0 Å². The van der Waals surface area contributed by atoms with Gasteiger partial charge in [-0.1, -0.05) is 29.8 Å². The van der Waals surface area contributed by atoms with Crippen LogP contribution < -0.4 is 0 Å². The summed E-state index contributed by atoms with van der Waals surface area (Å²) in [6, 6.07) is 20.5. The van der Waals surface area contributed by atoms with E-state index < -0.39 is 0 Å². The third-order valence-electron chi connectivity index (χ3n) is 4.24. The van der Waals surface area contributed by atoms with Gasteiger partial charge in [0.25, 0.3) is 0 Å². The highest BCUT2D eigenvalue weighted by atomic mass is 35.5. The molecule has 28 heavy (non-hydrogen) atoms. The zero-order chi connectivity index (χ0) is 19.3. The van der Waals surface area contributed by atoms with E-state index in [-0.39, 0.29) is 5.78 Å². The summed E-state index contributed by atoms with van der Waals surface area (Å²) in [7, 11) is 0. The number of halogens is 1. The van der Waals surface area contributed by atoms with Gasteiger partial charge in [-0.25, -0.2) is 4.68 Å². The first-order chi connectivity index (χ1) is 13.7. The van der Waals surface area contributed by atoms with E-state index in [2.05, 4.69) is 4.98 Å². The number of carbonyl (C=O) groups is 1. The van der Waals surface area contributed by atoms with Gasteiger partial charge >= 0.3 is 0 Å². The Bertz CT molecular complexity index is 1120. The van der Waals surface area contributed by atoms with Gasteiger partial charge in [0.05, 0.1) is 5.69 Å². The van der Waals surface area contributed by atoms with Crippen LogP contribution in [0.5, 0.6) is 0 Å². The first kappa shape index (κ1) is 17.9. The maximum Gasteiger partial charge on any atom is 0.185 e. The van der Waals surface area contributed by atoms with Crippen molar-refractivity contribution in [3.63, 3.8) is 0 Å². The largest absolute Gasteiger partial charge is 0.289 e. The summed E-state index contributed by atoms with van der Waals surface area (Å²) in [6.07, 6.45) is 8.72. The number of hydrogen-bond acceptors (Lipinski definition) is 3. The Morgan fingerprint density at radius 1 is 0.964 bits per heavy atom. The molecule has 0 aliphatic carbocycles. The number of carbonyl (C=O) groups excluding carboxylic acids is 1. The molecule has 0 saturated carbocycles. The predicted molar refractivity (Wildman–Crippen MR) is 112 cm³/mol. The summed E-state index contributed by atoms with van der Waals surface area (Å²) in [4.78, 5) is 16.7. The first-order valence-electron chi connectivity index (χ1n) is 8.74. The van der Waals surface area contributed by atoms with Gasteiger partial charge in [0.15, 0.2) is 5.78 Å². The highest BCUT2D eigenvalue weighted by Gasteiger charge is 2.11. The lowest BCUT2D eigenvalue weighted by atomic mass is 10.1. The average Bonchev–Trinajstić information content (AvgIpc) is 3.18. The number of pyridine rings is 1. The first-order valence-corrected chi connectivity index (χ1v) is 9.12. The zero-order valence-corrected chi connectivity index (χ0v) is 15.6. The van der Waals surface area contributed by atoms with Crippen molar-refractivity contribution in [2.45, 2.75) is 0 Å². The molecule has 0 bridgehead atoms. The Kier molecular flexibility index (Phi) is 5.13. The van der Waals surface area contributed by atoms with Crippen LogP contribution >= 0.6 is 11.6 Å². The number of allylic oxidation sites excluding steroid dienone is 1. The number of benzene rings is 2. The molecule has 0 spiro atoms. The maximum atomic E-state index is 12.5. The average molecular weight is 386 g/mol. The lowest BCUT2D eigenvalue weighted by molar-refractivity contribution is 0.104. The van der Waals surface area contributed by atoms with E-state index in [1.807, 2.05) is 48.7 Å². The van der Waals surface area contributed by atoms with Gasteiger partial charge in [0.2, 0.25) is 0 Å². The maximum absolute atomic E-state index is 12.5. The van der Waals surface area contributed by atoms with E-state index in [1.54, 1.807) is 53.5 Å². The molecule has 0 radical (unpaired) electrons. The molecule has 0 unspecified atom stereocenters. The lowest BCUT2D eigenvalue weighted by Gasteiger charge is -2.00. The number of hydrogen-bond donors (Lipinski definition) is 0. The fraction of sp³-hybridized carbons (Fsp3) is 0. The molecule has 4 rings (SSSR count). The highest BCUT2D eigenvalue weighted by Crippen LogP contribution is 2.24. The standard InChI is InChI=1S/C23H16ClN3O/c24-20-11-8-17(9-12-20)22(28)13-10-19-16-27(21-6-2-1-3-7-21)26-23(19)18-5-4-14-25-15-18/h1-16H/b13-10+. The van der Waals surface area contributed by atoms with Gasteiger partial charge < -0.3 is 0 Å². The molecule has 136 valence electrons. The summed E-state index contributed by atoms with van der Waals surface area (Å²) >= 11 is 5.89. The van der Waals surface area contributed by atoms with Crippen molar-refractivity contribution in [1.82, 2.24) is 14.8 Å². The van der Waals surface area contributed by atoms with Crippen molar-refractivity contribution in [3.8, 4) is 16.9 Å². The Morgan fingerprint density at radius 3 is 2.46 bits per heavy atom. The molecule has 0 fully saturated rings. The van der Waals surface area contributed by atoms with Crippen LogP contribution in [0.15, 0.2) is 91.4 Å². The Hall–Kier alpha value is -3.50. The van der Waals surface area contributed by atoms with Crippen molar-refractivity contribution in [3.05, 3.63) is 108 Å². The topological polar surface area (TPSA) is 47.8 Å². The van der Waals surface area contributed by atoms with Gasteiger partial charge in [-0.15, -0.1) is 0 Å². The molecule has 2 heterocycles. The summed E-state index contributed by atoms with van der Waals surface area (Å²) in [6.45, 7) is 0. The van der Waals surface area contributed by atoms with E-state index in [4.69, 9.17) is 16.7 Å². The molecule has 2 aromatic heterocycles. The minimum atomic E-state index is -0.0961. The van der Waals surface area contributed by atoms with Crippen molar-refractivity contribution in [2.24, 2.45) is 0 Å². The second kappa shape index (κ2) is 8.03. The molecule has 5 heteroatoms. The fourth-order valence-electron chi connectivity index (χ4n) is 2.83. The van der Waals surface area contributed by atoms with Crippen LogP contribution in [0.4, 0.5) is 0 Å². The fourth-order valence-corrected chi connectivity index (χ4v) is 2.95. The molecule has 0 aliphatic rings. The van der Waals surface area contributed by atoms with Crippen LogP contribution in [0.2, 0.25) is 5.02 Å². The molecule has 0 aliphatic heterocycles. The predicted octanol–water partition coefficient (Wildman–Crippen LogP) is 5.48. The van der Waals surface area contributed by atoms with Crippen LogP contribution in [0.25, 0.3) is 23.0 Å². The summed E-state index contributed by atoms with van der Waals surface area (Å²) in [5.41, 5.74) is 4.00. The smallest absolute Gasteiger partial charge is 0.185 e. The summed E-state index contributed by atoms with van der Waals surface area (Å²) < 4.78 is 1.80. The van der Waals surface area contributed by atoms with Crippen molar-refractivity contribution in [1.29, 1.82) is 0 Å². The van der Waals surface area contributed by atoms with E-state index in [9.17, 15) is 4.79 Å². The Labute approximate surface area is 167 Å². The third kappa shape index (κ3) is 3.92. The zero-order valence-electron chi connectivity index (χ0n) is 14.9. The number of aromatic nitrogens is 3. The number of rotatable bonds is 5. The SMILES string of the molecule is O=C(/C=C/c1cn(-c2ccccc2)nc1-c1cccnc1)c1ccc(Cl)cc1. The summed E-state index contributed by atoms with van der Waals surface area (Å²) in [5.74, 6) is -0.0961. The van der Waals surface area contributed by atoms with Gasteiger partial charge in [-0.3, -0.25) is 9.78 Å². The third-order valence-corrected chi connectivity index (χ3v) is 4.49. The number of para-hydroxylation sites is 1. The Balaban J connectivity index is 1.71.